The van der Waals surface area contributed by atoms with Crippen molar-refractivity contribution in [2.45, 2.75) is 13.3 Å². The summed E-state index contributed by atoms with van der Waals surface area (Å²) in [6, 6.07) is 3.66. The number of hydrogen-bond acceptors (Lipinski definition) is 3. The SMILES string of the molecule is Cc1nc(NC(=O)N2CCCSCC2)ccc1Br. The zero-order chi connectivity index (χ0) is 13.0. The standard InChI is InChI=1S/C12H16BrN3OS/c1-9-10(13)3-4-11(14-9)15-12(17)16-5-2-7-18-8-6-16/h3-4H,2,5-8H2,1H3,(H,14,15,17). The molecule has 18 heavy (non-hydrogen) atoms. The molecule has 2 rings (SSSR count). The summed E-state index contributed by atoms with van der Waals surface area (Å²) in [6.07, 6.45) is 1.06. The lowest BCUT2D eigenvalue weighted by molar-refractivity contribution is 0.215. The molecule has 0 spiro atoms. The number of urea groups is 1. The Bertz CT molecular complexity index is 433. The number of nitrogens with one attached hydrogen (secondary N) is 1. The molecule has 98 valence electrons. The molecule has 1 fully saturated rings. The first-order valence-electron chi connectivity index (χ1n) is 5.93. The average Bonchev–Trinajstić information content (AvgIpc) is 2.62. The molecule has 0 aliphatic carbocycles. The van der Waals surface area contributed by atoms with E-state index >= 15 is 0 Å². The Hall–Kier alpha value is -0.750. The van der Waals surface area contributed by atoms with Crippen LogP contribution < -0.4 is 5.32 Å². The summed E-state index contributed by atoms with van der Waals surface area (Å²) in [5.41, 5.74) is 0.874. The molecule has 6 heteroatoms. The summed E-state index contributed by atoms with van der Waals surface area (Å²) in [5, 5.41) is 2.85. The predicted molar refractivity (Wildman–Crippen MR) is 79.2 cm³/mol. The minimum absolute atomic E-state index is 0.0493. The Morgan fingerprint density at radius 2 is 2.28 bits per heavy atom. The second-order valence-electron chi connectivity index (χ2n) is 4.15. The average molecular weight is 330 g/mol. The van der Waals surface area contributed by atoms with E-state index in [4.69, 9.17) is 0 Å². The van der Waals surface area contributed by atoms with E-state index in [0.29, 0.717) is 5.82 Å². The molecule has 2 amide bonds. The third-order valence-corrected chi connectivity index (χ3v) is 4.65. The van der Waals surface area contributed by atoms with Crippen LogP contribution in [0, 0.1) is 6.92 Å². The molecule has 2 heterocycles. The molecule has 0 saturated carbocycles. The Kier molecular flexibility index (Phi) is 4.88. The fourth-order valence-corrected chi connectivity index (χ4v) is 2.86. The van der Waals surface area contributed by atoms with Gasteiger partial charge in [0.2, 0.25) is 0 Å². The number of pyridine rings is 1. The zero-order valence-corrected chi connectivity index (χ0v) is 12.7. The fourth-order valence-electron chi connectivity index (χ4n) is 1.75. The lowest BCUT2D eigenvalue weighted by atomic mass is 10.3. The molecule has 0 aromatic carbocycles. The number of carbonyl (C=O) groups is 1. The molecule has 1 aromatic rings. The number of amides is 2. The van der Waals surface area contributed by atoms with E-state index in [9.17, 15) is 4.79 Å². The van der Waals surface area contributed by atoms with Crippen LogP contribution in [0.4, 0.5) is 10.6 Å². The quantitative estimate of drug-likeness (QED) is 0.860. The van der Waals surface area contributed by atoms with Gasteiger partial charge in [0, 0.05) is 23.3 Å². The Balaban J connectivity index is 1.99. The Morgan fingerprint density at radius 3 is 3.06 bits per heavy atom. The van der Waals surface area contributed by atoms with Crippen molar-refractivity contribution in [2.24, 2.45) is 0 Å². The number of aryl methyl sites for hydroxylation is 1. The molecule has 4 nitrogen and oxygen atoms in total. The lowest BCUT2D eigenvalue weighted by Gasteiger charge is -2.20. The van der Waals surface area contributed by atoms with Gasteiger partial charge < -0.3 is 4.90 Å². The smallest absolute Gasteiger partial charge is 0.323 e. The van der Waals surface area contributed by atoms with E-state index in [1.165, 1.54) is 0 Å². The van der Waals surface area contributed by atoms with Crippen LogP contribution in [0.2, 0.25) is 0 Å². The van der Waals surface area contributed by atoms with Crippen LogP contribution >= 0.6 is 27.7 Å². The van der Waals surface area contributed by atoms with Crippen molar-refractivity contribution in [3.05, 3.63) is 22.3 Å². The minimum atomic E-state index is -0.0493. The van der Waals surface area contributed by atoms with Gasteiger partial charge in [0.15, 0.2) is 0 Å². The van der Waals surface area contributed by atoms with Gasteiger partial charge in [-0.25, -0.2) is 9.78 Å². The molecule has 1 aliphatic rings. The summed E-state index contributed by atoms with van der Waals surface area (Å²) in [5.74, 6) is 2.76. The Morgan fingerprint density at radius 1 is 1.44 bits per heavy atom. The van der Waals surface area contributed by atoms with Crippen molar-refractivity contribution in [1.82, 2.24) is 9.88 Å². The van der Waals surface area contributed by atoms with Gasteiger partial charge in [-0.2, -0.15) is 11.8 Å². The summed E-state index contributed by atoms with van der Waals surface area (Å²) in [4.78, 5) is 18.3. The van der Waals surface area contributed by atoms with Crippen molar-refractivity contribution in [3.8, 4) is 0 Å². The first-order valence-corrected chi connectivity index (χ1v) is 7.88. The van der Waals surface area contributed by atoms with Gasteiger partial charge in [-0.05, 0) is 47.2 Å². The number of hydrogen-bond donors (Lipinski definition) is 1. The van der Waals surface area contributed by atoms with Gasteiger partial charge >= 0.3 is 6.03 Å². The summed E-state index contributed by atoms with van der Waals surface area (Å²) in [7, 11) is 0. The molecule has 1 N–H and O–H groups in total. The zero-order valence-electron chi connectivity index (χ0n) is 10.3. The van der Waals surface area contributed by atoms with Gasteiger partial charge in [0.1, 0.15) is 5.82 Å². The number of aromatic nitrogens is 1. The van der Waals surface area contributed by atoms with Crippen LogP contribution in [0.1, 0.15) is 12.1 Å². The van der Waals surface area contributed by atoms with E-state index < -0.39 is 0 Å². The maximum atomic E-state index is 12.1. The monoisotopic (exact) mass is 329 g/mol. The summed E-state index contributed by atoms with van der Waals surface area (Å²) < 4.78 is 0.951. The number of thioether (sulfide) groups is 1. The van der Waals surface area contributed by atoms with E-state index in [0.717, 1.165) is 41.2 Å². The largest absolute Gasteiger partial charge is 0.324 e. The van der Waals surface area contributed by atoms with E-state index in [-0.39, 0.29) is 6.03 Å². The molecular weight excluding hydrogens is 314 g/mol. The fraction of sp³-hybridized carbons (Fsp3) is 0.500. The number of halogens is 1. The van der Waals surface area contributed by atoms with E-state index in [2.05, 4.69) is 26.2 Å². The van der Waals surface area contributed by atoms with Gasteiger partial charge in [-0.3, -0.25) is 5.32 Å². The number of carbonyl (C=O) groups excluding carboxylic acids is 1. The third kappa shape index (κ3) is 3.62. The minimum Gasteiger partial charge on any atom is -0.324 e. The third-order valence-electron chi connectivity index (χ3n) is 2.77. The van der Waals surface area contributed by atoms with Crippen LogP contribution in [0.15, 0.2) is 16.6 Å². The van der Waals surface area contributed by atoms with E-state index in [1.54, 1.807) is 0 Å². The summed E-state index contributed by atoms with van der Waals surface area (Å²) in [6.45, 7) is 3.54. The maximum absolute atomic E-state index is 12.1. The second-order valence-corrected chi connectivity index (χ2v) is 6.23. The molecular formula is C12H16BrN3OS. The van der Waals surface area contributed by atoms with Crippen molar-refractivity contribution < 1.29 is 4.79 Å². The van der Waals surface area contributed by atoms with Gasteiger partial charge in [0.05, 0.1) is 5.69 Å². The highest BCUT2D eigenvalue weighted by molar-refractivity contribution is 9.10. The number of nitrogens with zero attached hydrogens (tertiary/aromatic N) is 2. The number of anilines is 1. The summed E-state index contributed by atoms with van der Waals surface area (Å²) >= 11 is 5.30. The van der Waals surface area contributed by atoms with Gasteiger partial charge in [-0.1, -0.05) is 0 Å². The van der Waals surface area contributed by atoms with Crippen molar-refractivity contribution in [3.63, 3.8) is 0 Å². The van der Waals surface area contributed by atoms with Crippen molar-refractivity contribution in [2.75, 3.05) is 29.9 Å². The molecule has 1 saturated heterocycles. The van der Waals surface area contributed by atoms with Crippen molar-refractivity contribution in [1.29, 1.82) is 0 Å². The van der Waals surface area contributed by atoms with Crippen LogP contribution in [-0.2, 0) is 0 Å². The molecule has 0 bridgehead atoms. The van der Waals surface area contributed by atoms with Crippen LogP contribution in [0.25, 0.3) is 0 Å². The normalized spacial score (nSPS) is 16.2. The first kappa shape index (κ1) is 13.7. The molecule has 0 atom stereocenters. The van der Waals surface area contributed by atoms with Crippen molar-refractivity contribution >= 4 is 39.5 Å². The molecule has 0 unspecified atom stereocenters. The topological polar surface area (TPSA) is 45.2 Å². The van der Waals surface area contributed by atoms with E-state index in [1.807, 2.05) is 35.7 Å². The highest BCUT2D eigenvalue weighted by Gasteiger charge is 2.16. The molecule has 0 radical (unpaired) electrons. The highest BCUT2D eigenvalue weighted by Crippen LogP contribution is 2.17. The predicted octanol–water partition coefficient (Wildman–Crippen LogP) is 3.12. The second kappa shape index (κ2) is 6.43. The maximum Gasteiger partial charge on any atom is 0.323 e. The molecule has 1 aromatic heterocycles. The van der Waals surface area contributed by atoms with Crippen LogP contribution in [0.5, 0.6) is 0 Å². The lowest BCUT2D eigenvalue weighted by Crippen LogP contribution is -2.36. The van der Waals surface area contributed by atoms with Crippen LogP contribution in [0.3, 0.4) is 0 Å². The van der Waals surface area contributed by atoms with Gasteiger partial charge in [-0.15, -0.1) is 0 Å². The highest BCUT2D eigenvalue weighted by atomic mass is 79.9. The van der Waals surface area contributed by atoms with Crippen LogP contribution in [-0.4, -0.2) is 40.5 Å². The first-order chi connectivity index (χ1) is 8.66. The van der Waals surface area contributed by atoms with Gasteiger partial charge in [0.25, 0.3) is 0 Å². The molecule has 1 aliphatic heterocycles. The number of rotatable bonds is 1. The Labute approximate surface area is 120 Å².